The maximum atomic E-state index is 13.9. The average molecular weight is 383 g/mol. The number of piperidine rings is 1. The van der Waals surface area contributed by atoms with Crippen LogP contribution in [0.5, 0.6) is 0 Å². The maximum Gasteiger partial charge on any atom is 0.236 e. The third kappa shape index (κ3) is 4.94. The molecule has 0 aliphatic carbocycles. The van der Waals surface area contributed by atoms with Crippen molar-refractivity contribution in [2.24, 2.45) is 0 Å². The van der Waals surface area contributed by atoms with Gasteiger partial charge in [0.1, 0.15) is 5.82 Å². The van der Waals surface area contributed by atoms with Crippen LogP contribution >= 0.6 is 11.6 Å². The fourth-order valence-corrected chi connectivity index (χ4v) is 4.01. The zero-order valence-corrected chi connectivity index (χ0v) is 16.1. The Morgan fingerprint density at radius 2 is 2.00 bits per heavy atom. The molecule has 144 valence electrons. The Morgan fingerprint density at radius 1 is 1.23 bits per heavy atom. The number of carbonyl (C=O) groups excluding carboxylic acids is 1. The number of likely N-dealkylation sites (tertiary alicyclic amines) is 1. The number of benzene rings is 1. The van der Waals surface area contributed by atoms with Crippen LogP contribution in [0.25, 0.3) is 0 Å². The first-order chi connectivity index (χ1) is 12.6. The van der Waals surface area contributed by atoms with Crippen LogP contribution in [0.15, 0.2) is 18.2 Å². The SMILES string of the molecule is CNC1CCCN(CC(=O)N2CCN(Cc3c(F)cccc3Cl)CC2)C1. The fraction of sp³-hybridized carbons (Fsp3) is 0.632. The molecule has 26 heavy (non-hydrogen) atoms. The molecular formula is C19H28ClFN4O. The van der Waals surface area contributed by atoms with Gasteiger partial charge in [0.15, 0.2) is 0 Å². The molecule has 0 aromatic heterocycles. The third-order valence-corrected chi connectivity index (χ3v) is 5.80. The second-order valence-corrected chi connectivity index (χ2v) is 7.63. The monoisotopic (exact) mass is 382 g/mol. The molecule has 2 heterocycles. The summed E-state index contributed by atoms with van der Waals surface area (Å²) >= 11 is 6.12. The summed E-state index contributed by atoms with van der Waals surface area (Å²) < 4.78 is 13.9. The molecule has 2 aliphatic rings. The molecular weight excluding hydrogens is 355 g/mol. The second-order valence-electron chi connectivity index (χ2n) is 7.22. The minimum absolute atomic E-state index is 0.199. The molecule has 3 rings (SSSR count). The van der Waals surface area contributed by atoms with Gasteiger partial charge in [0.2, 0.25) is 5.91 Å². The number of hydrogen-bond donors (Lipinski definition) is 1. The Bertz CT molecular complexity index is 601. The van der Waals surface area contributed by atoms with Crippen LogP contribution in [0.3, 0.4) is 0 Å². The molecule has 1 amide bonds. The van der Waals surface area contributed by atoms with Gasteiger partial charge in [-0.05, 0) is 38.6 Å². The average Bonchev–Trinajstić information content (AvgIpc) is 2.65. The van der Waals surface area contributed by atoms with Gasteiger partial charge in [0.25, 0.3) is 0 Å². The number of halogens is 2. The van der Waals surface area contributed by atoms with Crippen molar-refractivity contribution in [1.29, 1.82) is 0 Å². The Hall–Kier alpha value is -1.21. The number of rotatable bonds is 5. The molecule has 2 fully saturated rings. The molecule has 2 saturated heterocycles. The van der Waals surface area contributed by atoms with Gasteiger partial charge in [-0.25, -0.2) is 4.39 Å². The Kier molecular flexibility index (Phi) is 6.86. The van der Waals surface area contributed by atoms with E-state index in [2.05, 4.69) is 15.1 Å². The molecule has 1 atom stereocenters. The summed E-state index contributed by atoms with van der Waals surface area (Å²) in [5.41, 5.74) is 0.542. The van der Waals surface area contributed by atoms with E-state index in [9.17, 15) is 9.18 Å². The standard InChI is InChI=1S/C19H28ClFN4O/c1-22-15-4-3-7-24(12-15)14-19(26)25-10-8-23(9-11-25)13-16-17(20)5-2-6-18(16)21/h2,5-6,15,22H,3-4,7-14H2,1H3. The van der Waals surface area contributed by atoms with E-state index in [1.807, 2.05) is 11.9 Å². The van der Waals surface area contributed by atoms with E-state index in [1.54, 1.807) is 12.1 Å². The van der Waals surface area contributed by atoms with E-state index in [1.165, 1.54) is 12.5 Å². The van der Waals surface area contributed by atoms with Gasteiger partial charge in [-0.15, -0.1) is 0 Å². The molecule has 2 aliphatic heterocycles. The van der Waals surface area contributed by atoms with E-state index in [0.717, 1.165) is 32.6 Å². The largest absolute Gasteiger partial charge is 0.339 e. The van der Waals surface area contributed by atoms with Gasteiger partial charge >= 0.3 is 0 Å². The van der Waals surface area contributed by atoms with E-state index >= 15 is 0 Å². The van der Waals surface area contributed by atoms with Gasteiger partial charge in [0, 0.05) is 55.9 Å². The van der Waals surface area contributed by atoms with E-state index in [-0.39, 0.29) is 11.7 Å². The molecule has 0 saturated carbocycles. The summed E-state index contributed by atoms with van der Waals surface area (Å²) in [7, 11) is 1.98. The second kappa shape index (κ2) is 9.13. The lowest BCUT2D eigenvalue weighted by atomic mass is 10.1. The molecule has 7 heteroatoms. The first kappa shape index (κ1) is 19.5. The van der Waals surface area contributed by atoms with Crippen molar-refractivity contribution >= 4 is 17.5 Å². The van der Waals surface area contributed by atoms with Gasteiger partial charge < -0.3 is 10.2 Å². The molecule has 1 aromatic rings. The maximum absolute atomic E-state index is 13.9. The van der Waals surface area contributed by atoms with Crippen LogP contribution in [0.1, 0.15) is 18.4 Å². The number of amides is 1. The summed E-state index contributed by atoms with van der Waals surface area (Å²) in [5, 5.41) is 3.78. The summed E-state index contributed by atoms with van der Waals surface area (Å²) in [6, 6.07) is 5.27. The normalized spacial score (nSPS) is 22.6. The van der Waals surface area contributed by atoms with Crippen LogP contribution in [0.2, 0.25) is 5.02 Å². The first-order valence-electron chi connectivity index (χ1n) is 9.39. The molecule has 5 nitrogen and oxygen atoms in total. The highest BCUT2D eigenvalue weighted by Crippen LogP contribution is 2.21. The van der Waals surface area contributed by atoms with Gasteiger partial charge in [-0.2, -0.15) is 0 Å². The zero-order valence-electron chi connectivity index (χ0n) is 15.4. The third-order valence-electron chi connectivity index (χ3n) is 5.44. The quantitative estimate of drug-likeness (QED) is 0.843. The van der Waals surface area contributed by atoms with E-state index in [0.29, 0.717) is 42.8 Å². The predicted octanol–water partition coefficient (Wildman–Crippen LogP) is 1.81. The number of nitrogens with one attached hydrogen (secondary N) is 1. The molecule has 1 N–H and O–H groups in total. The number of likely N-dealkylation sites (N-methyl/N-ethyl adjacent to an activating group) is 1. The number of nitrogens with zero attached hydrogens (tertiary/aromatic N) is 3. The van der Waals surface area contributed by atoms with Crippen molar-refractivity contribution in [3.63, 3.8) is 0 Å². The summed E-state index contributed by atoms with van der Waals surface area (Å²) in [6.45, 7) is 5.79. The first-order valence-corrected chi connectivity index (χ1v) is 9.77. The summed E-state index contributed by atoms with van der Waals surface area (Å²) in [4.78, 5) is 18.9. The lowest BCUT2D eigenvalue weighted by molar-refractivity contribution is -0.134. The van der Waals surface area contributed by atoms with Crippen LogP contribution in [0.4, 0.5) is 4.39 Å². The van der Waals surface area contributed by atoms with Crippen molar-refractivity contribution in [2.45, 2.75) is 25.4 Å². The minimum atomic E-state index is -0.264. The van der Waals surface area contributed by atoms with Crippen LogP contribution in [-0.4, -0.2) is 79.5 Å². The van der Waals surface area contributed by atoms with E-state index in [4.69, 9.17) is 11.6 Å². The smallest absolute Gasteiger partial charge is 0.236 e. The number of piperazine rings is 1. The Morgan fingerprint density at radius 3 is 2.69 bits per heavy atom. The molecule has 1 aromatic carbocycles. The van der Waals surface area contributed by atoms with Crippen molar-refractivity contribution in [1.82, 2.24) is 20.0 Å². The van der Waals surface area contributed by atoms with Crippen LogP contribution < -0.4 is 5.32 Å². The Labute approximate surface area is 160 Å². The lowest BCUT2D eigenvalue weighted by Crippen LogP contribution is -2.53. The lowest BCUT2D eigenvalue weighted by Gasteiger charge is -2.37. The molecule has 0 bridgehead atoms. The van der Waals surface area contributed by atoms with E-state index < -0.39 is 0 Å². The van der Waals surface area contributed by atoms with Crippen molar-refractivity contribution in [2.75, 3.05) is 52.9 Å². The molecule has 0 spiro atoms. The van der Waals surface area contributed by atoms with Crippen LogP contribution in [0, 0.1) is 5.82 Å². The Balaban J connectivity index is 1.46. The molecule has 1 unspecified atom stereocenters. The van der Waals surface area contributed by atoms with Gasteiger partial charge in [-0.1, -0.05) is 17.7 Å². The van der Waals surface area contributed by atoms with Crippen molar-refractivity contribution in [3.05, 3.63) is 34.6 Å². The zero-order chi connectivity index (χ0) is 18.5. The van der Waals surface area contributed by atoms with Gasteiger partial charge in [0.05, 0.1) is 6.54 Å². The summed E-state index contributed by atoms with van der Waals surface area (Å²) in [5.74, 6) is -0.0643. The highest BCUT2D eigenvalue weighted by atomic mass is 35.5. The highest BCUT2D eigenvalue weighted by molar-refractivity contribution is 6.31. The van der Waals surface area contributed by atoms with Crippen LogP contribution in [-0.2, 0) is 11.3 Å². The number of hydrogen-bond acceptors (Lipinski definition) is 4. The van der Waals surface area contributed by atoms with Crippen molar-refractivity contribution < 1.29 is 9.18 Å². The van der Waals surface area contributed by atoms with Gasteiger partial charge in [-0.3, -0.25) is 14.6 Å². The predicted molar refractivity (Wildman–Crippen MR) is 102 cm³/mol. The topological polar surface area (TPSA) is 38.8 Å². The molecule has 0 radical (unpaired) electrons. The highest BCUT2D eigenvalue weighted by Gasteiger charge is 2.26. The van der Waals surface area contributed by atoms with Crippen molar-refractivity contribution in [3.8, 4) is 0 Å². The minimum Gasteiger partial charge on any atom is -0.339 e. The fourth-order valence-electron chi connectivity index (χ4n) is 3.79. The number of carbonyl (C=O) groups is 1. The summed E-state index contributed by atoms with van der Waals surface area (Å²) in [6.07, 6.45) is 2.31.